The van der Waals surface area contributed by atoms with Crippen LogP contribution < -0.4 is 0 Å². The lowest BCUT2D eigenvalue weighted by molar-refractivity contribution is 0.665. The smallest absolute Gasteiger partial charge is 0.123 e. The van der Waals surface area contributed by atoms with Crippen LogP contribution in [-0.2, 0) is 12.4 Å². The molecule has 0 amide bonds. The first-order valence-corrected chi connectivity index (χ1v) is 7.76. The molecule has 0 saturated carbocycles. The van der Waals surface area contributed by atoms with Crippen LogP contribution >= 0.6 is 22.9 Å². The van der Waals surface area contributed by atoms with E-state index in [1.807, 2.05) is 22.3 Å². The summed E-state index contributed by atoms with van der Waals surface area (Å²) in [5.74, 6) is 0.461. The molecule has 0 spiro atoms. The van der Waals surface area contributed by atoms with Crippen LogP contribution in [0.3, 0.4) is 0 Å². The van der Waals surface area contributed by atoms with Crippen molar-refractivity contribution in [2.24, 2.45) is 0 Å². The Hall–Kier alpha value is -1.65. The maximum Gasteiger partial charge on any atom is 0.123 e. The summed E-state index contributed by atoms with van der Waals surface area (Å²) in [6, 6.07) is 10.4. The van der Waals surface area contributed by atoms with E-state index in [0.717, 1.165) is 28.5 Å². The Morgan fingerprint density at radius 1 is 1.30 bits per heavy atom. The first-order chi connectivity index (χ1) is 9.76. The van der Waals surface area contributed by atoms with Gasteiger partial charge in [0.2, 0.25) is 0 Å². The van der Waals surface area contributed by atoms with E-state index in [1.54, 1.807) is 11.3 Å². The average Bonchev–Trinajstić information content (AvgIpc) is 3.09. The van der Waals surface area contributed by atoms with Gasteiger partial charge in [-0.3, -0.25) is 4.68 Å². The van der Waals surface area contributed by atoms with Gasteiger partial charge in [0, 0.05) is 22.8 Å². The molecule has 5 heteroatoms. The summed E-state index contributed by atoms with van der Waals surface area (Å²) in [6.45, 7) is 2.84. The number of benzene rings is 1. The van der Waals surface area contributed by atoms with E-state index in [9.17, 15) is 0 Å². The Morgan fingerprint density at radius 2 is 2.20 bits per heavy atom. The fourth-order valence-corrected chi connectivity index (χ4v) is 3.09. The molecule has 3 aromatic rings. The lowest BCUT2D eigenvalue weighted by Crippen LogP contribution is -2.03. The molecule has 0 unspecified atom stereocenters. The largest absolute Gasteiger partial charge is 0.265 e. The predicted octanol–water partition coefficient (Wildman–Crippen LogP) is 4.10. The predicted molar refractivity (Wildman–Crippen MR) is 83.2 cm³/mol. The zero-order chi connectivity index (χ0) is 13.9. The van der Waals surface area contributed by atoms with Gasteiger partial charge in [-0.2, -0.15) is 5.10 Å². The number of nitrogens with zero attached hydrogens (tertiary/aromatic N) is 3. The van der Waals surface area contributed by atoms with E-state index < -0.39 is 0 Å². The van der Waals surface area contributed by atoms with Crippen molar-refractivity contribution in [3.05, 3.63) is 58.9 Å². The average molecular weight is 304 g/mol. The van der Waals surface area contributed by atoms with Crippen molar-refractivity contribution in [2.45, 2.75) is 19.3 Å². The maximum absolute atomic E-state index is 5.80. The van der Waals surface area contributed by atoms with Crippen molar-refractivity contribution in [1.82, 2.24) is 14.8 Å². The molecule has 2 heterocycles. The van der Waals surface area contributed by atoms with E-state index in [-0.39, 0.29) is 0 Å². The van der Waals surface area contributed by atoms with Gasteiger partial charge < -0.3 is 0 Å². The molecule has 0 N–H and O–H groups in total. The monoisotopic (exact) mass is 303 g/mol. The van der Waals surface area contributed by atoms with Crippen LogP contribution in [0.1, 0.15) is 17.0 Å². The van der Waals surface area contributed by atoms with Crippen LogP contribution in [0.2, 0.25) is 0 Å². The van der Waals surface area contributed by atoms with Crippen LogP contribution in [0.15, 0.2) is 41.9 Å². The Labute approximate surface area is 126 Å². The van der Waals surface area contributed by atoms with E-state index >= 15 is 0 Å². The molecule has 0 atom stereocenters. The second kappa shape index (κ2) is 5.77. The lowest BCUT2D eigenvalue weighted by Gasteiger charge is -2.06. The standard InChI is InChI=1S/C15H14ClN3S/c1-11-5-6-17-19(11)9-12-3-2-4-13(7-12)15-18-14(8-16)10-20-15/h2-7,10H,8-9H2,1H3. The highest BCUT2D eigenvalue weighted by atomic mass is 35.5. The molecule has 0 bridgehead atoms. The van der Waals surface area contributed by atoms with Gasteiger partial charge in [0.1, 0.15) is 5.01 Å². The van der Waals surface area contributed by atoms with Gasteiger partial charge in [-0.15, -0.1) is 22.9 Å². The molecular formula is C15H14ClN3S. The van der Waals surface area contributed by atoms with Gasteiger partial charge in [0.05, 0.1) is 18.1 Å². The van der Waals surface area contributed by atoms with E-state index in [4.69, 9.17) is 11.6 Å². The molecule has 0 fully saturated rings. The number of aryl methyl sites for hydroxylation is 1. The van der Waals surface area contributed by atoms with Crippen LogP contribution in [0.4, 0.5) is 0 Å². The summed E-state index contributed by atoms with van der Waals surface area (Å²) in [5, 5.41) is 7.34. The fraction of sp³-hybridized carbons (Fsp3) is 0.200. The van der Waals surface area contributed by atoms with Crippen molar-refractivity contribution < 1.29 is 0 Å². The Morgan fingerprint density at radius 3 is 2.90 bits per heavy atom. The third-order valence-electron chi connectivity index (χ3n) is 3.12. The minimum absolute atomic E-state index is 0.461. The van der Waals surface area contributed by atoms with E-state index in [2.05, 4.69) is 41.3 Å². The summed E-state index contributed by atoms with van der Waals surface area (Å²) in [7, 11) is 0. The lowest BCUT2D eigenvalue weighted by atomic mass is 10.1. The van der Waals surface area contributed by atoms with Gasteiger partial charge in [-0.25, -0.2) is 4.98 Å². The second-order valence-corrected chi connectivity index (χ2v) is 5.73. The maximum atomic E-state index is 5.80. The third kappa shape index (κ3) is 2.76. The van der Waals surface area contributed by atoms with Crippen LogP contribution in [0.5, 0.6) is 0 Å². The van der Waals surface area contributed by atoms with Gasteiger partial charge in [-0.1, -0.05) is 18.2 Å². The van der Waals surface area contributed by atoms with Crippen LogP contribution in [0, 0.1) is 6.92 Å². The third-order valence-corrected chi connectivity index (χ3v) is 4.34. The molecule has 102 valence electrons. The number of thiazole rings is 1. The molecule has 0 saturated heterocycles. The molecule has 0 radical (unpaired) electrons. The summed E-state index contributed by atoms with van der Waals surface area (Å²) >= 11 is 7.43. The van der Waals surface area contributed by atoms with Gasteiger partial charge in [0.15, 0.2) is 0 Å². The van der Waals surface area contributed by atoms with Crippen molar-refractivity contribution in [3.63, 3.8) is 0 Å². The number of rotatable bonds is 4. The summed E-state index contributed by atoms with van der Waals surface area (Å²) in [4.78, 5) is 4.52. The van der Waals surface area contributed by atoms with Crippen LogP contribution in [0.25, 0.3) is 10.6 Å². The Bertz CT molecular complexity index is 717. The Balaban J connectivity index is 1.87. The van der Waals surface area contributed by atoms with Crippen molar-refractivity contribution in [1.29, 1.82) is 0 Å². The Kier molecular flexibility index (Phi) is 3.85. The zero-order valence-electron chi connectivity index (χ0n) is 11.1. The molecule has 0 aliphatic carbocycles. The van der Waals surface area contributed by atoms with Crippen LogP contribution in [-0.4, -0.2) is 14.8 Å². The highest BCUT2D eigenvalue weighted by molar-refractivity contribution is 7.13. The molecule has 0 aliphatic rings. The van der Waals surface area contributed by atoms with Crippen molar-refractivity contribution >= 4 is 22.9 Å². The van der Waals surface area contributed by atoms with E-state index in [1.165, 1.54) is 5.56 Å². The van der Waals surface area contributed by atoms with E-state index in [0.29, 0.717) is 5.88 Å². The van der Waals surface area contributed by atoms with Gasteiger partial charge >= 0.3 is 0 Å². The molecule has 3 rings (SSSR count). The number of hydrogen-bond acceptors (Lipinski definition) is 3. The van der Waals surface area contributed by atoms with Crippen molar-refractivity contribution in [2.75, 3.05) is 0 Å². The number of aromatic nitrogens is 3. The minimum Gasteiger partial charge on any atom is -0.265 e. The summed E-state index contributed by atoms with van der Waals surface area (Å²) in [5.41, 5.74) is 4.44. The van der Waals surface area contributed by atoms with Gasteiger partial charge in [-0.05, 0) is 24.6 Å². The first-order valence-electron chi connectivity index (χ1n) is 6.34. The zero-order valence-corrected chi connectivity index (χ0v) is 12.7. The first kappa shape index (κ1) is 13.3. The molecule has 2 aromatic heterocycles. The second-order valence-electron chi connectivity index (χ2n) is 4.61. The number of halogens is 1. The topological polar surface area (TPSA) is 30.7 Å². The highest BCUT2D eigenvalue weighted by Crippen LogP contribution is 2.25. The summed E-state index contributed by atoms with van der Waals surface area (Å²) < 4.78 is 1.99. The molecule has 1 aromatic carbocycles. The SMILES string of the molecule is Cc1ccnn1Cc1cccc(-c2nc(CCl)cs2)c1. The molecule has 20 heavy (non-hydrogen) atoms. The molecule has 3 nitrogen and oxygen atoms in total. The molecular weight excluding hydrogens is 290 g/mol. The van der Waals surface area contributed by atoms with Crippen molar-refractivity contribution in [3.8, 4) is 10.6 Å². The normalized spacial score (nSPS) is 10.9. The number of hydrogen-bond donors (Lipinski definition) is 0. The fourth-order valence-electron chi connectivity index (χ4n) is 2.04. The highest BCUT2D eigenvalue weighted by Gasteiger charge is 2.06. The molecule has 0 aliphatic heterocycles. The summed E-state index contributed by atoms with van der Waals surface area (Å²) in [6.07, 6.45) is 1.83. The van der Waals surface area contributed by atoms with Gasteiger partial charge in [0.25, 0.3) is 0 Å². The quantitative estimate of drug-likeness (QED) is 0.679. The minimum atomic E-state index is 0.461. The number of alkyl halides is 1.